The van der Waals surface area contributed by atoms with Crippen LogP contribution in [0.4, 0.5) is 4.79 Å². The highest BCUT2D eigenvalue weighted by Gasteiger charge is 1.85. The topological polar surface area (TPSA) is 64.2 Å². The van der Waals surface area contributed by atoms with Crippen LogP contribution in [-0.2, 0) is 0 Å². The Labute approximate surface area is 51.9 Å². The Hall–Kier alpha value is -0.840. The molecule has 0 aliphatic rings. The van der Waals surface area contributed by atoms with Gasteiger partial charge in [0.25, 0.3) is 0 Å². The number of rotatable bonds is 0. The van der Waals surface area contributed by atoms with Crippen molar-refractivity contribution in [3.8, 4) is 0 Å². The molecule has 0 saturated carbocycles. The number of carboxylic acid groups (broad SMARTS) is 1. The fourth-order valence-electron chi connectivity index (χ4n) is 0.155. The summed E-state index contributed by atoms with van der Waals surface area (Å²) in [6, 6.07) is 0. The molecular weight excluding hydrogens is 128 g/mol. The van der Waals surface area contributed by atoms with Crippen molar-refractivity contribution in [3.63, 3.8) is 0 Å². The lowest BCUT2D eigenvalue weighted by atomic mass is 10.9. The van der Waals surface area contributed by atoms with E-state index < -0.39 is 6.09 Å². The monoisotopic (exact) mass is 133 g/mol. The molecule has 0 aliphatic carbocycles. The largest absolute Gasteiger partial charge is 0.530 e. The minimum atomic E-state index is -1.40. The fraction of sp³-hybridized carbons (Fsp3) is 0.333. The van der Waals surface area contributed by atoms with Gasteiger partial charge in [-0.1, -0.05) is 0 Å². The van der Waals surface area contributed by atoms with Crippen LogP contribution in [0.3, 0.4) is 0 Å². The Morgan fingerprint density at radius 1 is 1.75 bits per heavy atom. The summed E-state index contributed by atoms with van der Waals surface area (Å²) in [5.74, 6) is 0. The third kappa shape index (κ3) is 3.35. The maximum Gasteiger partial charge on any atom is 0.171 e. The molecule has 0 aliphatic heterocycles. The van der Waals surface area contributed by atoms with Gasteiger partial charge in [0.15, 0.2) is 5.11 Å². The number of carbonyl (C=O) groups is 1. The Balaban J connectivity index is 3.40. The maximum atomic E-state index is 9.62. The smallest absolute Gasteiger partial charge is 0.171 e. The van der Waals surface area contributed by atoms with Crippen LogP contribution in [0.5, 0.6) is 0 Å². The predicted octanol–water partition coefficient (Wildman–Crippen LogP) is -1.58. The van der Waals surface area contributed by atoms with Crippen LogP contribution in [0.2, 0.25) is 0 Å². The Morgan fingerprint density at radius 2 is 2.25 bits per heavy atom. The second kappa shape index (κ2) is 3.20. The molecule has 0 unspecified atom stereocenters. The highest BCUT2D eigenvalue weighted by atomic mass is 32.1. The Morgan fingerprint density at radius 3 is 2.38 bits per heavy atom. The molecule has 0 heterocycles. The summed E-state index contributed by atoms with van der Waals surface area (Å²) < 4.78 is 0. The molecule has 0 saturated heterocycles. The molecular formula is C3H5N2O2S-. The molecule has 46 valence electrons. The van der Waals surface area contributed by atoms with Crippen molar-refractivity contribution < 1.29 is 9.90 Å². The first-order valence-electron chi connectivity index (χ1n) is 1.86. The molecule has 0 aromatic heterocycles. The van der Waals surface area contributed by atoms with E-state index in [9.17, 15) is 9.90 Å². The number of hydrogen-bond acceptors (Lipinski definition) is 3. The number of thiocarbonyl (C=S) groups is 1. The maximum absolute atomic E-state index is 9.62. The van der Waals surface area contributed by atoms with Crippen LogP contribution in [0.15, 0.2) is 0 Å². The van der Waals surface area contributed by atoms with E-state index >= 15 is 0 Å². The number of hydrogen-bond donors (Lipinski definition) is 2. The summed E-state index contributed by atoms with van der Waals surface area (Å²) in [4.78, 5) is 9.62. The summed E-state index contributed by atoms with van der Waals surface area (Å²) >= 11 is 4.39. The van der Waals surface area contributed by atoms with E-state index in [1.165, 1.54) is 7.05 Å². The second-order valence-corrected chi connectivity index (χ2v) is 1.40. The third-order valence-corrected chi connectivity index (χ3v) is 0.749. The molecule has 2 N–H and O–H groups in total. The molecule has 0 atom stereocenters. The zero-order valence-electron chi connectivity index (χ0n) is 4.22. The summed E-state index contributed by atoms with van der Waals surface area (Å²) in [5, 5.41) is 13.9. The van der Waals surface area contributed by atoms with Gasteiger partial charge in [-0.05, 0) is 12.2 Å². The molecule has 0 spiro atoms. The van der Waals surface area contributed by atoms with Crippen LogP contribution in [0.1, 0.15) is 0 Å². The molecule has 0 rings (SSSR count). The highest BCUT2D eigenvalue weighted by Crippen LogP contribution is 1.58. The van der Waals surface area contributed by atoms with Crippen LogP contribution >= 0.6 is 12.2 Å². The van der Waals surface area contributed by atoms with Gasteiger partial charge in [-0.2, -0.15) is 0 Å². The summed E-state index contributed by atoms with van der Waals surface area (Å²) in [6.07, 6.45) is -1.40. The van der Waals surface area contributed by atoms with E-state index in [1.54, 1.807) is 0 Å². The van der Waals surface area contributed by atoms with Crippen LogP contribution < -0.4 is 15.7 Å². The van der Waals surface area contributed by atoms with Crippen LogP contribution in [-0.4, -0.2) is 18.3 Å². The summed E-state index contributed by atoms with van der Waals surface area (Å²) in [7, 11) is 1.51. The molecule has 8 heavy (non-hydrogen) atoms. The minimum Gasteiger partial charge on any atom is -0.530 e. The third-order valence-electron chi connectivity index (χ3n) is 0.443. The van der Waals surface area contributed by atoms with Crippen molar-refractivity contribution in [2.75, 3.05) is 7.05 Å². The van der Waals surface area contributed by atoms with Gasteiger partial charge >= 0.3 is 0 Å². The first-order chi connectivity index (χ1) is 3.66. The van der Waals surface area contributed by atoms with Gasteiger partial charge in [0.2, 0.25) is 0 Å². The Kier molecular flexibility index (Phi) is 2.86. The van der Waals surface area contributed by atoms with Crippen molar-refractivity contribution in [2.24, 2.45) is 0 Å². The molecule has 0 bridgehead atoms. The zero-order valence-corrected chi connectivity index (χ0v) is 5.04. The lowest BCUT2D eigenvalue weighted by Gasteiger charge is -2.04. The van der Waals surface area contributed by atoms with E-state index in [4.69, 9.17) is 0 Å². The van der Waals surface area contributed by atoms with Crippen molar-refractivity contribution in [3.05, 3.63) is 0 Å². The van der Waals surface area contributed by atoms with Crippen LogP contribution in [0.25, 0.3) is 0 Å². The average Bonchev–Trinajstić information content (AvgIpc) is 1.65. The standard InChI is InChI=1S/C3H6N2O2S/c1-4-2(8)5-3(6)7/h1H3,(H,6,7)(H2,4,5,8)/p-1. The first-order valence-corrected chi connectivity index (χ1v) is 2.27. The molecule has 5 heteroatoms. The van der Waals surface area contributed by atoms with Crippen molar-refractivity contribution in [1.29, 1.82) is 0 Å². The van der Waals surface area contributed by atoms with E-state index in [0.717, 1.165) is 0 Å². The lowest BCUT2D eigenvalue weighted by Crippen LogP contribution is -2.44. The van der Waals surface area contributed by atoms with Gasteiger partial charge in [-0.3, -0.25) is 0 Å². The normalized spacial score (nSPS) is 7.62. The number of amides is 1. The molecule has 0 fully saturated rings. The average molecular weight is 133 g/mol. The van der Waals surface area contributed by atoms with Crippen molar-refractivity contribution >= 4 is 23.4 Å². The summed E-state index contributed by atoms with van der Waals surface area (Å²) in [6.45, 7) is 0. The predicted molar refractivity (Wildman–Crippen MR) is 30.2 cm³/mol. The van der Waals surface area contributed by atoms with Gasteiger partial charge < -0.3 is 20.5 Å². The summed E-state index contributed by atoms with van der Waals surface area (Å²) in [5.41, 5.74) is 0. The lowest BCUT2D eigenvalue weighted by molar-refractivity contribution is -0.248. The molecule has 4 nitrogen and oxygen atoms in total. The second-order valence-electron chi connectivity index (χ2n) is 0.992. The van der Waals surface area contributed by atoms with Gasteiger partial charge in [0.05, 0.1) is 0 Å². The van der Waals surface area contributed by atoms with E-state index in [1.807, 2.05) is 5.32 Å². The SMILES string of the molecule is CNC(=S)NC(=O)[O-]. The first kappa shape index (κ1) is 7.16. The highest BCUT2D eigenvalue weighted by molar-refractivity contribution is 7.80. The zero-order chi connectivity index (χ0) is 6.57. The van der Waals surface area contributed by atoms with Gasteiger partial charge in [0.1, 0.15) is 6.09 Å². The van der Waals surface area contributed by atoms with Gasteiger partial charge in [0, 0.05) is 7.05 Å². The quantitative estimate of drug-likeness (QED) is 0.392. The van der Waals surface area contributed by atoms with Crippen LogP contribution in [0, 0.1) is 0 Å². The van der Waals surface area contributed by atoms with E-state index in [2.05, 4.69) is 17.5 Å². The number of carbonyl (C=O) groups excluding carboxylic acids is 1. The van der Waals surface area contributed by atoms with Crippen molar-refractivity contribution in [1.82, 2.24) is 10.6 Å². The fourth-order valence-corrected chi connectivity index (χ4v) is 0.239. The Bertz CT molecular complexity index is 114. The van der Waals surface area contributed by atoms with Crippen molar-refractivity contribution in [2.45, 2.75) is 0 Å². The number of nitrogens with one attached hydrogen (secondary N) is 2. The van der Waals surface area contributed by atoms with Gasteiger partial charge in [-0.25, -0.2) is 0 Å². The molecule has 0 aromatic carbocycles. The molecule has 0 radical (unpaired) electrons. The van der Waals surface area contributed by atoms with E-state index in [-0.39, 0.29) is 5.11 Å². The molecule has 1 amide bonds. The minimum absolute atomic E-state index is 0.0463. The molecule has 0 aromatic rings. The van der Waals surface area contributed by atoms with E-state index in [0.29, 0.717) is 0 Å². The van der Waals surface area contributed by atoms with Gasteiger partial charge in [-0.15, -0.1) is 0 Å².